The highest BCUT2D eigenvalue weighted by atomic mass is 16.5. The summed E-state index contributed by atoms with van der Waals surface area (Å²) < 4.78 is 22.0. The van der Waals surface area contributed by atoms with Gasteiger partial charge in [-0.15, -0.1) is 0 Å². The maximum atomic E-state index is 13.0. The summed E-state index contributed by atoms with van der Waals surface area (Å²) in [7, 11) is 2.94. The molecule has 0 bridgehead atoms. The van der Waals surface area contributed by atoms with Gasteiger partial charge >= 0.3 is 5.97 Å². The zero-order valence-electron chi connectivity index (χ0n) is 20.5. The number of aromatic nitrogens is 1. The van der Waals surface area contributed by atoms with Crippen molar-refractivity contribution < 1.29 is 28.5 Å². The van der Waals surface area contributed by atoms with Crippen LogP contribution < -0.4 is 19.5 Å². The third-order valence-electron chi connectivity index (χ3n) is 5.43. The summed E-state index contributed by atoms with van der Waals surface area (Å²) >= 11 is 0. The van der Waals surface area contributed by atoms with Gasteiger partial charge in [0.15, 0.2) is 11.5 Å². The molecule has 0 atom stereocenters. The number of hydrogen-bond donors (Lipinski definition) is 1. The van der Waals surface area contributed by atoms with Crippen molar-refractivity contribution in [2.45, 2.75) is 13.2 Å². The van der Waals surface area contributed by atoms with Gasteiger partial charge in [0.25, 0.3) is 5.91 Å². The predicted octanol–water partition coefficient (Wildman–Crippen LogP) is 5.29. The summed E-state index contributed by atoms with van der Waals surface area (Å²) in [6, 6.07) is 24.6. The van der Waals surface area contributed by atoms with E-state index in [0.29, 0.717) is 29.4 Å². The first kappa shape index (κ1) is 25.2. The SMILES string of the molecule is COc1cc(NC(=O)c2ccccc2)c(C(=O)OCc2ccc(OCc3ccccn3)cc2)cc1OC. The van der Waals surface area contributed by atoms with Gasteiger partial charge in [0.05, 0.1) is 31.2 Å². The number of benzene rings is 3. The molecule has 0 spiro atoms. The van der Waals surface area contributed by atoms with Gasteiger partial charge < -0.3 is 24.3 Å². The number of anilines is 1. The lowest BCUT2D eigenvalue weighted by Crippen LogP contribution is -2.16. The van der Waals surface area contributed by atoms with E-state index >= 15 is 0 Å². The molecule has 0 saturated heterocycles. The van der Waals surface area contributed by atoms with E-state index in [1.54, 1.807) is 42.6 Å². The number of nitrogens with one attached hydrogen (secondary N) is 1. The van der Waals surface area contributed by atoms with Crippen LogP contribution in [-0.2, 0) is 18.0 Å². The fourth-order valence-electron chi connectivity index (χ4n) is 3.48. The van der Waals surface area contributed by atoms with Crippen LogP contribution in [0.5, 0.6) is 17.2 Å². The van der Waals surface area contributed by atoms with E-state index in [-0.39, 0.29) is 23.8 Å². The van der Waals surface area contributed by atoms with Gasteiger partial charge in [0.1, 0.15) is 19.0 Å². The lowest BCUT2D eigenvalue weighted by Gasteiger charge is -2.15. The van der Waals surface area contributed by atoms with Crippen LogP contribution in [0, 0.1) is 0 Å². The maximum absolute atomic E-state index is 13.0. The number of nitrogens with zero attached hydrogens (tertiary/aromatic N) is 1. The van der Waals surface area contributed by atoms with Gasteiger partial charge in [-0.3, -0.25) is 9.78 Å². The third kappa shape index (κ3) is 6.64. The molecule has 8 nitrogen and oxygen atoms in total. The molecule has 1 N–H and O–H groups in total. The molecule has 3 aromatic carbocycles. The van der Waals surface area contributed by atoms with E-state index in [9.17, 15) is 9.59 Å². The number of hydrogen-bond acceptors (Lipinski definition) is 7. The van der Waals surface area contributed by atoms with E-state index < -0.39 is 5.97 Å². The number of esters is 1. The normalized spacial score (nSPS) is 10.3. The van der Waals surface area contributed by atoms with Crippen LogP contribution in [0.25, 0.3) is 0 Å². The fourth-order valence-corrected chi connectivity index (χ4v) is 3.48. The summed E-state index contributed by atoms with van der Waals surface area (Å²) in [5, 5.41) is 2.77. The summed E-state index contributed by atoms with van der Waals surface area (Å²) in [4.78, 5) is 30.0. The highest BCUT2D eigenvalue weighted by molar-refractivity contribution is 6.08. The van der Waals surface area contributed by atoms with Crippen LogP contribution in [0.3, 0.4) is 0 Å². The molecule has 0 unspecified atom stereocenters. The largest absolute Gasteiger partial charge is 0.493 e. The number of ether oxygens (including phenoxy) is 4. The lowest BCUT2D eigenvalue weighted by atomic mass is 10.1. The third-order valence-corrected chi connectivity index (χ3v) is 5.43. The van der Waals surface area contributed by atoms with Gasteiger partial charge in [-0.25, -0.2) is 4.79 Å². The minimum Gasteiger partial charge on any atom is -0.493 e. The number of rotatable bonds is 10. The molecule has 0 fully saturated rings. The molecule has 4 rings (SSSR count). The Kier molecular flexibility index (Phi) is 8.33. The van der Waals surface area contributed by atoms with Crippen molar-refractivity contribution in [3.8, 4) is 17.2 Å². The Balaban J connectivity index is 1.45. The van der Waals surface area contributed by atoms with Crippen molar-refractivity contribution in [2.24, 2.45) is 0 Å². The minimum absolute atomic E-state index is 0.0276. The van der Waals surface area contributed by atoms with Crippen molar-refractivity contribution in [1.29, 1.82) is 0 Å². The van der Waals surface area contributed by atoms with E-state index in [0.717, 1.165) is 11.3 Å². The maximum Gasteiger partial charge on any atom is 0.340 e. The molecular weight excluding hydrogens is 472 g/mol. The number of carbonyl (C=O) groups excluding carboxylic acids is 2. The molecule has 0 aliphatic carbocycles. The van der Waals surface area contributed by atoms with Gasteiger partial charge in [0, 0.05) is 23.9 Å². The van der Waals surface area contributed by atoms with Crippen molar-refractivity contribution in [3.05, 3.63) is 114 Å². The number of methoxy groups -OCH3 is 2. The Hall–Kier alpha value is -4.85. The second kappa shape index (κ2) is 12.2. The van der Waals surface area contributed by atoms with Gasteiger partial charge in [0.2, 0.25) is 0 Å². The first-order chi connectivity index (χ1) is 18.1. The molecule has 1 aromatic heterocycles. The van der Waals surface area contributed by atoms with Crippen molar-refractivity contribution in [2.75, 3.05) is 19.5 Å². The van der Waals surface area contributed by atoms with Crippen molar-refractivity contribution in [1.82, 2.24) is 4.98 Å². The highest BCUT2D eigenvalue weighted by Crippen LogP contribution is 2.34. The van der Waals surface area contributed by atoms with E-state index in [4.69, 9.17) is 18.9 Å². The van der Waals surface area contributed by atoms with Crippen LogP contribution >= 0.6 is 0 Å². The van der Waals surface area contributed by atoms with Crippen molar-refractivity contribution in [3.63, 3.8) is 0 Å². The molecule has 0 radical (unpaired) electrons. The monoisotopic (exact) mass is 498 g/mol. The number of pyridine rings is 1. The zero-order chi connectivity index (χ0) is 26.0. The molecule has 1 heterocycles. The summed E-state index contributed by atoms with van der Waals surface area (Å²) in [5.74, 6) is 0.375. The molecule has 8 heteroatoms. The smallest absolute Gasteiger partial charge is 0.340 e. The fraction of sp³-hybridized carbons (Fsp3) is 0.138. The molecule has 0 saturated carbocycles. The Morgan fingerprint density at radius 1 is 0.811 bits per heavy atom. The zero-order valence-corrected chi connectivity index (χ0v) is 20.5. The average Bonchev–Trinajstić information content (AvgIpc) is 2.96. The van der Waals surface area contributed by atoms with Gasteiger partial charge in [-0.1, -0.05) is 36.4 Å². The van der Waals surface area contributed by atoms with Gasteiger partial charge in [-0.2, -0.15) is 0 Å². The molecule has 188 valence electrons. The van der Waals surface area contributed by atoms with Crippen LogP contribution in [-0.4, -0.2) is 31.1 Å². The van der Waals surface area contributed by atoms with Crippen LogP contribution in [0.1, 0.15) is 32.0 Å². The molecule has 0 aliphatic heterocycles. The second-order valence-electron chi connectivity index (χ2n) is 7.90. The molecule has 1 amide bonds. The first-order valence-electron chi connectivity index (χ1n) is 11.5. The van der Waals surface area contributed by atoms with Crippen LogP contribution in [0.4, 0.5) is 5.69 Å². The summed E-state index contributed by atoms with van der Waals surface area (Å²) in [6.07, 6.45) is 1.72. The molecule has 0 aliphatic rings. The van der Waals surface area contributed by atoms with Crippen LogP contribution in [0.15, 0.2) is 91.1 Å². The summed E-state index contributed by atoms with van der Waals surface area (Å²) in [6.45, 7) is 0.381. The van der Waals surface area contributed by atoms with Crippen LogP contribution in [0.2, 0.25) is 0 Å². The Morgan fingerprint density at radius 2 is 1.51 bits per heavy atom. The van der Waals surface area contributed by atoms with Gasteiger partial charge in [-0.05, 0) is 42.0 Å². The lowest BCUT2D eigenvalue weighted by molar-refractivity contribution is 0.0473. The van der Waals surface area contributed by atoms with E-state index in [1.807, 2.05) is 36.4 Å². The Labute approximate surface area is 214 Å². The minimum atomic E-state index is -0.625. The summed E-state index contributed by atoms with van der Waals surface area (Å²) in [5.41, 5.74) is 2.42. The standard InChI is InChI=1S/C29H26N2O6/c1-34-26-16-24(25(17-27(26)35-2)31-28(32)21-8-4-3-5-9-21)29(33)37-18-20-11-13-23(14-12-20)36-19-22-10-6-7-15-30-22/h3-17H,18-19H2,1-2H3,(H,31,32). The van der Waals surface area contributed by atoms with E-state index in [1.165, 1.54) is 26.4 Å². The molecule has 4 aromatic rings. The average molecular weight is 499 g/mol. The van der Waals surface area contributed by atoms with E-state index in [2.05, 4.69) is 10.3 Å². The first-order valence-corrected chi connectivity index (χ1v) is 11.5. The Bertz CT molecular complexity index is 1340. The molecular formula is C29H26N2O6. The number of amides is 1. The quantitative estimate of drug-likeness (QED) is 0.297. The van der Waals surface area contributed by atoms with Crippen molar-refractivity contribution >= 4 is 17.6 Å². The second-order valence-corrected chi connectivity index (χ2v) is 7.90. The Morgan fingerprint density at radius 3 is 2.19 bits per heavy atom. The predicted molar refractivity (Wildman–Crippen MR) is 138 cm³/mol. The topological polar surface area (TPSA) is 96.0 Å². The number of carbonyl (C=O) groups is 2. The molecule has 37 heavy (non-hydrogen) atoms. The highest BCUT2D eigenvalue weighted by Gasteiger charge is 2.20.